The summed E-state index contributed by atoms with van der Waals surface area (Å²) in [4.78, 5) is 22.0. The Balaban J connectivity index is 2.73. The summed E-state index contributed by atoms with van der Waals surface area (Å²) in [5.74, 6) is -2.22. The fraction of sp³-hybridized carbons (Fsp3) is 0.333. The molecule has 3 N–H and O–H groups in total. The van der Waals surface area contributed by atoms with Crippen molar-refractivity contribution in [2.45, 2.75) is 18.7 Å². The second-order valence-electron chi connectivity index (χ2n) is 4.09. The Kier molecular flexibility index (Phi) is 5.73. The lowest BCUT2D eigenvalue weighted by atomic mass is 10.1. The lowest BCUT2D eigenvalue weighted by molar-refractivity contribution is -0.146. The van der Waals surface area contributed by atoms with Gasteiger partial charge in [-0.25, -0.2) is 4.79 Å². The van der Waals surface area contributed by atoms with Crippen molar-refractivity contribution in [1.82, 2.24) is 5.32 Å². The molecule has 0 aliphatic rings. The number of rotatable bonds is 5. The number of carbonyl (C=O) groups is 2. The van der Waals surface area contributed by atoms with Crippen LogP contribution >= 0.6 is 15.9 Å². The van der Waals surface area contributed by atoms with Crippen LogP contribution in [0.25, 0.3) is 0 Å². The normalized spacial score (nSPS) is 12.8. The summed E-state index contributed by atoms with van der Waals surface area (Å²) in [6, 6.07) is 2.99. The van der Waals surface area contributed by atoms with E-state index in [1.165, 1.54) is 6.07 Å². The van der Waals surface area contributed by atoms with Crippen molar-refractivity contribution in [3.63, 3.8) is 0 Å². The summed E-state index contributed by atoms with van der Waals surface area (Å²) in [6.07, 6.45) is -6.49. The molecule has 1 aromatic carbocycles. The lowest BCUT2D eigenvalue weighted by Gasteiger charge is -2.11. The SMILES string of the molecule is O=C(NCCC(O)C(=O)O)c1ccc(Br)c(C(F)(F)F)c1. The molecule has 1 aromatic rings. The highest BCUT2D eigenvalue weighted by Gasteiger charge is 2.33. The Morgan fingerprint density at radius 1 is 1.33 bits per heavy atom. The van der Waals surface area contributed by atoms with Crippen molar-refractivity contribution in [3.8, 4) is 0 Å². The predicted octanol–water partition coefficient (Wildman–Crippen LogP) is 2.03. The van der Waals surface area contributed by atoms with Crippen LogP contribution in [0.4, 0.5) is 13.2 Å². The van der Waals surface area contributed by atoms with Crippen LogP contribution in [0, 0.1) is 0 Å². The Hall–Kier alpha value is -1.61. The van der Waals surface area contributed by atoms with Gasteiger partial charge in [-0.15, -0.1) is 0 Å². The number of halogens is 4. The Morgan fingerprint density at radius 2 is 1.95 bits per heavy atom. The molecule has 116 valence electrons. The first-order valence-electron chi connectivity index (χ1n) is 5.68. The molecule has 9 heteroatoms. The minimum Gasteiger partial charge on any atom is -0.479 e. The van der Waals surface area contributed by atoms with Crippen LogP contribution in [-0.4, -0.2) is 34.7 Å². The van der Waals surface area contributed by atoms with Gasteiger partial charge < -0.3 is 15.5 Å². The molecule has 0 radical (unpaired) electrons. The molecule has 0 aliphatic carbocycles. The third-order valence-corrected chi connectivity index (χ3v) is 3.21. The summed E-state index contributed by atoms with van der Waals surface area (Å²) >= 11 is 2.75. The number of aliphatic hydroxyl groups excluding tert-OH is 1. The largest absolute Gasteiger partial charge is 0.479 e. The van der Waals surface area contributed by atoms with Gasteiger partial charge in [0.05, 0.1) is 5.56 Å². The smallest absolute Gasteiger partial charge is 0.417 e. The van der Waals surface area contributed by atoms with E-state index in [0.29, 0.717) is 6.07 Å². The van der Waals surface area contributed by atoms with E-state index >= 15 is 0 Å². The number of hydrogen-bond acceptors (Lipinski definition) is 3. The zero-order valence-corrected chi connectivity index (χ0v) is 12.0. The minimum absolute atomic E-state index is 0.177. The van der Waals surface area contributed by atoms with Gasteiger partial charge in [0, 0.05) is 23.0 Å². The van der Waals surface area contributed by atoms with Gasteiger partial charge in [0.2, 0.25) is 0 Å². The highest BCUT2D eigenvalue weighted by Crippen LogP contribution is 2.35. The maximum atomic E-state index is 12.7. The van der Waals surface area contributed by atoms with Gasteiger partial charge in [0.1, 0.15) is 0 Å². The van der Waals surface area contributed by atoms with E-state index < -0.39 is 29.7 Å². The average molecular weight is 370 g/mol. The Morgan fingerprint density at radius 3 is 2.48 bits per heavy atom. The van der Waals surface area contributed by atoms with E-state index in [2.05, 4.69) is 21.2 Å². The van der Waals surface area contributed by atoms with E-state index in [9.17, 15) is 22.8 Å². The van der Waals surface area contributed by atoms with E-state index in [1.54, 1.807) is 0 Å². The fourth-order valence-corrected chi connectivity index (χ4v) is 1.90. The predicted molar refractivity (Wildman–Crippen MR) is 69.7 cm³/mol. The monoisotopic (exact) mass is 369 g/mol. The molecule has 0 aromatic heterocycles. The number of carbonyl (C=O) groups excluding carboxylic acids is 1. The van der Waals surface area contributed by atoms with Gasteiger partial charge >= 0.3 is 12.1 Å². The third-order valence-electron chi connectivity index (χ3n) is 2.52. The summed E-state index contributed by atoms with van der Waals surface area (Å²) < 4.78 is 37.8. The second-order valence-corrected chi connectivity index (χ2v) is 4.95. The third kappa shape index (κ3) is 5.01. The summed E-state index contributed by atoms with van der Waals surface area (Å²) in [7, 11) is 0. The zero-order chi connectivity index (χ0) is 16.2. The van der Waals surface area contributed by atoms with Crippen molar-refractivity contribution < 1.29 is 33.0 Å². The van der Waals surface area contributed by atoms with Crippen molar-refractivity contribution in [2.75, 3.05) is 6.54 Å². The van der Waals surface area contributed by atoms with E-state index in [1.807, 2.05) is 0 Å². The molecule has 0 saturated carbocycles. The van der Waals surface area contributed by atoms with Crippen LogP contribution in [0.1, 0.15) is 22.3 Å². The van der Waals surface area contributed by atoms with Crippen LogP contribution in [0.5, 0.6) is 0 Å². The number of carboxylic acid groups (broad SMARTS) is 1. The van der Waals surface area contributed by atoms with Gasteiger partial charge in [-0.2, -0.15) is 13.2 Å². The molecule has 1 unspecified atom stereocenters. The summed E-state index contributed by atoms with van der Waals surface area (Å²) in [5, 5.41) is 19.7. The van der Waals surface area contributed by atoms with Crippen LogP contribution in [0.15, 0.2) is 22.7 Å². The number of benzene rings is 1. The topological polar surface area (TPSA) is 86.6 Å². The van der Waals surface area contributed by atoms with Crippen LogP contribution in [-0.2, 0) is 11.0 Å². The van der Waals surface area contributed by atoms with Gasteiger partial charge in [0.15, 0.2) is 6.10 Å². The molecule has 5 nitrogen and oxygen atoms in total. The van der Waals surface area contributed by atoms with Gasteiger partial charge in [0.25, 0.3) is 5.91 Å². The molecule has 21 heavy (non-hydrogen) atoms. The average Bonchev–Trinajstić information content (AvgIpc) is 2.37. The molecule has 0 spiro atoms. The number of amides is 1. The molecule has 1 rings (SSSR count). The molecule has 0 fully saturated rings. The van der Waals surface area contributed by atoms with Crippen molar-refractivity contribution >= 4 is 27.8 Å². The summed E-state index contributed by atoms with van der Waals surface area (Å²) in [5.41, 5.74) is -1.20. The number of carboxylic acids is 1. The quantitative estimate of drug-likeness (QED) is 0.741. The van der Waals surface area contributed by atoms with E-state index in [-0.39, 0.29) is 23.0 Å². The van der Waals surface area contributed by atoms with Crippen LogP contribution < -0.4 is 5.32 Å². The molecule has 0 heterocycles. The Labute approximate surface area is 125 Å². The van der Waals surface area contributed by atoms with Crippen molar-refractivity contribution in [2.24, 2.45) is 0 Å². The van der Waals surface area contributed by atoms with Crippen LogP contribution in [0.2, 0.25) is 0 Å². The standard InChI is InChI=1S/C12H11BrF3NO4/c13-8-2-1-6(5-7(8)12(14,15)16)10(19)17-4-3-9(18)11(20)21/h1-2,5,9,18H,3-4H2,(H,17,19)(H,20,21). The van der Waals surface area contributed by atoms with Crippen molar-refractivity contribution in [3.05, 3.63) is 33.8 Å². The van der Waals surface area contributed by atoms with Gasteiger partial charge in [-0.1, -0.05) is 15.9 Å². The van der Waals surface area contributed by atoms with Gasteiger partial charge in [-0.3, -0.25) is 4.79 Å². The molecule has 0 aliphatic heterocycles. The zero-order valence-electron chi connectivity index (χ0n) is 10.4. The number of hydrogen-bond donors (Lipinski definition) is 3. The highest BCUT2D eigenvalue weighted by atomic mass is 79.9. The van der Waals surface area contributed by atoms with Crippen molar-refractivity contribution in [1.29, 1.82) is 0 Å². The number of alkyl halides is 3. The van der Waals surface area contributed by atoms with Gasteiger partial charge in [-0.05, 0) is 18.2 Å². The van der Waals surface area contributed by atoms with E-state index in [4.69, 9.17) is 10.2 Å². The molecule has 0 saturated heterocycles. The minimum atomic E-state index is -4.60. The number of aliphatic hydroxyl groups is 1. The first-order chi connectivity index (χ1) is 9.62. The highest BCUT2D eigenvalue weighted by molar-refractivity contribution is 9.10. The van der Waals surface area contributed by atoms with E-state index in [0.717, 1.165) is 6.07 Å². The molecule has 0 bridgehead atoms. The maximum Gasteiger partial charge on any atom is 0.417 e. The first-order valence-corrected chi connectivity index (χ1v) is 6.48. The first kappa shape index (κ1) is 17.4. The molecule has 1 atom stereocenters. The Bertz CT molecular complexity index is 548. The molecular weight excluding hydrogens is 359 g/mol. The summed E-state index contributed by atoms with van der Waals surface area (Å²) in [6.45, 7) is -0.177. The molecular formula is C12H11BrF3NO4. The van der Waals surface area contributed by atoms with Crippen LogP contribution in [0.3, 0.4) is 0 Å². The number of aliphatic carboxylic acids is 1. The lowest BCUT2D eigenvalue weighted by Crippen LogP contribution is -2.30. The second kappa shape index (κ2) is 6.90. The maximum absolute atomic E-state index is 12.7. The molecule has 1 amide bonds. The fourth-order valence-electron chi connectivity index (χ4n) is 1.43. The number of nitrogens with one attached hydrogen (secondary N) is 1.